The van der Waals surface area contributed by atoms with Gasteiger partial charge in [0.2, 0.25) is 11.8 Å². The summed E-state index contributed by atoms with van der Waals surface area (Å²) in [6.07, 6.45) is 1.90. The highest BCUT2D eigenvalue weighted by molar-refractivity contribution is 5.99. The van der Waals surface area contributed by atoms with Crippen molar-refractivity contribution in [2.45, 2.75) is 64.1 Å². The van der Waals surface area contributed by atoms with Crippen LogP contribution in [-0.4, -0.2) is 46.0 Å². The number of hydrogen-bond donors (Lipinski definition) is 4. The van der Waals surface area contributed by atoms with E-state index in [4.69, 9.17) is 5.41 Å². The molecule has 0 bridgehead atoms. The fourth-order valence-electron chi connectivity index (χ4n) is 5.21. The summed E-state index contributed by atoms with van der Waals surface area (Å²) in [5, 5.41) is 25.0. The molecule has 1 aliphatic heterocycles. The summed E-state index contributed by atoms with van der Waals surface area (Å²) in [7, 11) is 0. The number of aliphatic hydroxyl groups excluding tert-OH is 1. The summed E-state index contributed by atoms with van der Waals surface area (Å²) in [6.45, 7) is 6.47. The molecule has 162 valence electrons. The van der Waals surface area contributed by atoms with E-state index in [1.165, 1.54) is 4.90 Å². The second-order valence-corrected chi connectivity index (χ2v) is 9.15. The van der Waals surface area contributed by atoms with Gasteiger partial charge in [-0.3, -0.25) is 19.9 Å². The largest absolute Gasteiger partial charge is 0.390 e. The van der Waals surface area contributed by atoms with Crippen molar-refractivity contribution in [3.05, 3.63) is 35.4 Å². The van der Waals surface area contributed by atoms with Crippen LogP contribution in [0.3, 0.4) is 0 Å². The van der Waals surface area contributed by atoms with Gasteiger partial charge in [0.25, 0.3) is 0 Å². The number of rotatable bonds is 6. The van der Waals surface area contributed by atoms with E-state index >= 15 is 0 Å². The Bertz CT molecular complexity index is 846. The number of carbonyl (C=O) groups is 2. The fraction of sp³-hybridized carbons (Fsp3) is 0.609. The molecule has 1 heterocycles. The maximum Gasteiger partial charge on any atom is 0.231 e. The van der Waals surface area contributed by atoms with Gasteiger partial charge in [0.15, 0.2) is 5.96 Å². The quantitative estimate of drug-likeness (QED) is 0.573. The first-order valence-corrected chi connectivity index (χ1v) is 11.0. The third-order valence-electron chi connectivity index (χ3n) is 7.56. The summed E-state index contributed by atoms with van der Waals surface area (Å²) < 4.78 is 0. The highest BCUT2D eigenvalue weighted by Crippen LogP contribution is 2.47. The van der Waals surface area contributed by atoms with Crippen molar-refractivity contribution in [1.29, 1.82) is 5.41 Å². The predicted molar refractivity (Wildman–Crippen MR) is 114 cm³/mol. The predicted octanol–water partition coefficient (Wildman–Crippen LogP) is 1.96. The van der Waals surface area contributed by atoms with Crippen LogP contribution in [0, 0.1) is 23.2 Å². The van der Waals surface area contributed by atoms with Gasteiger partial charge in [-0.1, -0.05) is 45.0 Å². The molecule has 30 heavy (non-hydrogen) atoms. The van der Waals surface area contributed by atoms with Crippen LogP contribution < -0.4 is 10.6 Å². The molecular weight excluding hydrogens is 380 g/mol. The van der Waals surface area contributed by atoms with Crippen LogP contribution >= 0.6 is 0 Å². The fourth-order valence-corrected chi connectivity index (χ4v) is 5.21. The number of nitrogens with zero attached hydrogens (tertiary/aromatic N) is 1. The Morgan fingerprint density at radius 3 is 2.70 bits per heavy atom. The Morgan fingerprint density at radius 2 is 2.03 bits per heavy atom. The van der Waals surface area contributed by atoms with E-state index in [1.54, 1.807) is 0 Å². The van der Waals surface area contributed by atoms with Crippen molar-refractivity contribution in [3.8, 4) is 0 Å². The molecule has 2 amide bonds. The topological polar surface area (TPSA) is 106 Å². The zero-order valence-corrected chi connectivity index (χ0v) is 17.9. The molecule has 1 aromatic rings. The highest BCUT2D eigenvalue weighted by atomic mass is 16.3. The van der Waals surface area contributed by atoms with Crippen molar-refractivity contribution in [2.24, 2.45) is 17.8 Å². The van der Waals surface area contributed by atoms with Crippen molar-refractivity contribution in [3.63, 3.8) is 0 Å². The molecule has 4 N–H and O–H groups in total. The first-order chi connectivity index (χ1) is 14.3. The lowest BCUT2D eigenvalue weighted by Crippen LogP contribution is -2.62. The highest BCUT2D eigenvalue weighted by Gasteiger charge is 2.54. The zero-order valence-electron chi connectivity index (χ0n) is 17.9. The Kier molecular flexibility index (Phi) is 5.34. The van der Waals surface area contributed by atoms with E-state index in [0.717, 1.165) is 24.0 Å². The Labute approximate surface area is 177 Å². The normalized spacial score (nSPS) is 31.9. The molecule has 2 aliphatic carbocycles. The molecule has 1 saturated heterocycles. The number of amides is 2. The van der Waals surface area contributed by atoms with Crippen LogP contribution in [0.15, 0.2) is 24.3 Å². The molecular formula is C23H32N4O3. The minimum Gasteiger partial charge on any atom is -0.390 e. The van der Waals surface area contributed by atoms with Gasteiger partial charge in [-0.05, 0) is 35.8 Å². The number of benzene rings is 1. The van der Waals surface area contributed by atoms with Crippen molar-refractivity contribution >= 4 is 17.8 Å². The summed E-state index contributed by atoms with van der Waals surface area (Å²) >= 11 is 0. The summed E-state index contributed by atoms with van der Waals surface area (Å²) in [6, 6.07) is 7.43. The van der Waals surface area contributed by atoms with E-state index in [0.29, 0.717) is 19.4 Å². The smallest absolute Gasteiger partial charge is 0.231 e. The van der Waals surface area contributed by atoms with Gasteiger partial charge >= 0.3 is 0 Å². The van der Waals surface area contributed by atoms with Gasteiger partial charge in [0, 0.05) is 24.4 Å². The molecule has 4 rings (SSSR count). The van der Waals surface area contributed by atoms with Gasteiger partial charge < -0.3 is 15.7 Å². The average molecular weight is 413 g/mol. The minimum atomic E-state index is -0.615. The third-order valence-corrected chi connectivity index (χ3v) is 7.56. The van der Waals surface area contributed by atoms with Crippen molar-refractivity contribution in [1.82, 2.24) is 15.5 Å². The average Bonchev–Trinajstić information content (AvgIpc) is 3.26. The number of guanidine groups is 1. The second-order valence-electron chi connectivity index (χ2n) is 9.15. The van der Waals surface area contributed by atoms with Crippen LogP contribution in [0.1, 0.15) is 57.2 Å². The molecule has 0 aromatic heterocycles. The molecule has 7 nitrogen and oxygen atoms in total. The van der Waals surface area contributed by atoms with Crippen LogP contribution in [0.4, 0.5) is 0 Å². The first kappa shape index (κ1) is 20.8. The first-order valence-electron chi connectivity index (χ1n) is 11.0. The van der Waals surface area contributed by atoms with Crippen LogP contribution in [0.25, 0.3) is 0 Å². The van der Waals surface area contributed by atoms with Crippen LogP contribution in [-0.2, 0) is 16.0 Å². The van der Waals surface area contributed by atoms with Crippen molar-refractivity contribution in [2.75, 3.05) is 6.54 Å². The molecule has 3 aliphatic rings. The van der Waals surface area contributed by atoms with Crippen LogP contribution in [0.2, 0.25) is 0 Å². The zero-order chi connectivity index (χ0) is 21.6. The number of nitrogens with one attached hydrogen (secondary N) is 3. The van der Waals surface area contributed by atoms with Crippen LogP contribution in [0.5, 0.6) is 0 Å². The monoisotopic (exact) mass is 412 g/mol. The molecule has 1 aromatic carbocycles. The number of aliphatic hydroxyl groups is 1. The minimum absolute atomic E-state index is 0.0284. The molecule has 3 unspecified atom stereocenters. The van der Waals surface area contributed by atoms with Gasteiger partial charge in [-0.15, -0.1) is 0 Å². The summed E-state index contributed by atoms with van der Waals surface area (Å²) in [5.41, 5.74) is 1.73. The SMILES string of the molecule is CCC1(CC)CC(=O)N(CC2C(C)C2C(=O)N[C@@H]2c3ccccc3C[C@H]2O)C(=N)N1. The Balaban J connectivity index is 1.39. The number of carbonyl (C=O) groups excluding carboxylic acids is 2. The van der Waals surface area contributed by atoms with E-state index in [9.17, 15) is 14.7 Å². The molecule has 5 atom stereocenters. The van der Waals surface area contributed by atoms with E-state index in [-0.39, 0.29) is 47.1 Å². The lowest BCUT2D eigenvalue weighted by atomic mass is 9.87. The standard InChI is InChI=1S/C23H32N4O3/c1-4-23(5-2)11-18(29)27(22(24)26-23)12-16-13(3)19(16)21(30)25-20-15-9-7-6-8-14(15)10-17(20)28/h6-9,13,16-17,19-20,28H,4-5,10-12H2,1-3H3,(H2,24,26)(H,25,30)/t13?,16?,17-,19?,20-/m1/s1. The van der Waals surface area contributed by atoms with E-state index < -0.39 is 6.10 Å². The van der Waals surface area contributed by atoms with E-state index in [2.05, 4.69) is 10.6 Å². The van der Waals surface area contributed by atoms with Gasteiger partial charge in [0.05, 0.1) is 18.6 Å². The number of fused-ring (bicyclic) bond motifs is 1. The number of hydrogen-bond acceptors (Lipinski definition) is 4. The molecule has 0 radical (unpaired) electrons. The maximum atomic E-state index is 12.9. The van der Waals surface area contributed by atoms with Gasteiger partial charge in [-0.2, -0.15) is 0 Å². The van der Waals surface area contributed by atoms with Gasteiger partial charge in [0.1, 0.15) is 0 Å². The molecule has 0 spiro atoms. The van der Waals surface area contributed by atoms with Crippen molar-refractivity contribution < 1.29 is 14.7 Å². The molecule has 1 saturated carbocycles. The summed E-state index contributed by atoms with van der Waals surface area (Å²) in [5.74, 6) is 0.00142. The molecule has 2 fully saturated rings. The second kappa shape index (κ2) is 7.69. The van der Waals surface area contributed by atoms with E-state index in [1.807, 2.05) is 45.0 Å². The summed E-state index contributed by atoms with van der Waals surface area (Å²) in [4.78, 5) is 27.2. The third kappa shape index (κ3) is 3.49. The lowest BCUT2D eigenvalue weighted by molar-refractivity contribution is -0.131. The lowest BCUT2D eigenvalue weighted by Gasteiger charge is -2.42. The van der Waals surface area contributed by atoms with Gasteiger partial charge in [-0.25, -0.2) is 0 Å². The maximum absolute atomic E-state index is 12.9. The Hall–Kier alpha value is -2.41. The molecule has 7 heteroatoms. The Morgan fingerprint density at radius 1 is 1.33 bits per heavy atom.